The van der Waals surface area contributed by atoms with E-state index in [1.165, 1.54) is 30.7 Å². The summed E-state index contributed by atoms with van der Waals surface area (Å²) in [6, 6.07) is 22.7. The van der Waals surface area contributed by atoms with Gasteiger partial charge in [-0.05, 0) is 130 Å². The lowest BCUT2D eigenvalue weighted by Crippen LogP contribution is -2.34. The number of Topliss-reactive ketones (excluding diaryl/α,β-unsaturated/α-hetero) is 2. The number of β-amino-alcohol motifs (C(OH)–C–C–N with tert-alkyl or cyclic N) is 1. The molecule has 0 bridgehead atoms. The molecular weight excluding hydrogens is 1030 g/mol. The monoisotopic (exact) mass is 1070 g/mol. The van der Waals surface area contributed by atoms with Gasteiger partial charge in [-0.25, -0.2) is 13.6 Å². The van der Waals surface area contributed by atoms with Gasteiger partial charge >= 0.3 is 12.1 Å². The van der Waals surface area contributed by atoms with Crippen LogP contribution in [0.3, 0.4) is 0 Å². The van der Waals surface area contributed by atoms with Gasteiger partial charge in [-0.2, -0.15) is 13.2 Å². The van der Waals surface area contributed by atoms with Crippen LogP contribution >= 0.6 is 46.4 Å². The molecule has 5 heterocycles. The van der Waals surface area contributed by atoms with Crippen molar-refractivity contribution in [2.24, 2.45) is 11.8 Å². The van der Waals surface area contributed by atoms with Gasteiger partial charge in [0.25, 0.3) is 0 Å². The van der Waals surface area contributed by atoms with E-state index < -0.39 is 29.9 Å². The second-order valence-electron chi connectivity index (χ2n) is 17.0. The summed E-state index contributed by atoms with van der Waals surface area (Å²) in [5.74, 6) is -0.950. The number of fused-ring (bicyclic) bond motifs is 2. The third-order valence-corrected chi connectivity index (χ3v) is 12.4. The zero-order valence-corrected chi connectivity index (χ0v) is 40.8. The van der Waals surface area contributed by atoms with E-state index in [9.17, 15) is 36.6 Å². The molecule has 12 nitrogen and oxygen atoms in total. The predicted octanol–water partition coefficient (Wildman–Crippen LogP) is 12.2. The molecule has 0 spiro atoms. The van der Waals surface area contributed by atoms with Crippen molar-refractivity contribution in [3.8, 4) is 11.5 Å². The molecule has 0 radical (unpaired) electrons. The number of ether oxygens (including phenoxy) is 3. The first-order valence-electron chi connectivity index (χ1n) is 22.4. The van der Waals surface area contributed by atoms with Crippen LogP contribution in [0.5, 0.6) is 11.5 Å². The number of hydrogen-bond acceptors (Lipinski definition) is 11. The Hall–Kier alpha value is -4.98. The molecule has 71 heavy (non-hydrogen) atoms. The quantitative estimate of drug-likeness (QED) is 0.0478. The summed E-state index contributed by atoms with van der Waals surface area (Å²) in [5, 5.41) is 23.8. The van der Waals surface area contributed by atoms with Gasteiger partial charge in [0, 0.05) is 58.9 Å². The standard InChI is InChI=1S/C24H24Cl2FNO4.C15H16ClNO2.C9H8ClFO2.C2HF3O2/c25-17-2-6-23-16(9-17)10-24(32-23)22(30)5-1-15-7-8-28(12-15)13-18(29)14-31-19-3-4-20(26)21(27)11-19;16-12-2-4-14-11(7-12)8-15(19-14)13(18)3-1-10-5-6-17-9-10;10-8-3-6(1-2-9(8)11)12-4-7-5-13-7;3-2(4,5)1(6)7/h2-4,6,9-11,15,18,29H,1,5,7-8,12-14H2;2,4,7-8,10,17H,1,3,5-6,9H2;1-3,7H,4-5H2;(H,6,7). The molecule has 0 saturated carbocycles. The molecule has 0 amide bonds. The lowest BCUT2D eigenvalue weighted by atomic mass is 10.00. The van der Waals surface area contributed by atoms with Crippen LogP contribution in [0.1, 0.15) is 59.6 Å². The van der Waals surface area contributed by atoms with Gasteiger partial charge in [-0.15, -0.1) is 0 Å². The molecule has 9 rings (SSSR count). The summed E-state index contributed by atoms with van der Waals surface area (Å²) < 4.78 is 84.8. The zero-order chi connectivity index (χ0) is 51.2. The van der Waals surface area contributed by atoms with Crippen molar-refractivity contribution in [1.29, 1.82) is 0 Å². The van der Waals surface area contributed by atoms with Crippen LogP contribution in [-0.2, 0) is 9.53 Å². The third-order valence-electron chi connectivity index (χ3n) is 11.4. The van der Waals surface area contributed by atoms with E-state index in [-0.39, 0.29) is 34.3 Å². The number of aliphatic carboxylic acids is 1. The SMILES string of the molecule is Fc1ccc(OCC2CO2)cc1Cl.O=C(CCC1CCN(CC(O)COc2ccc(Cl)c(F)c2)C1)c1cc2cc(Cl)ccc2o1.O=C(CCC1CCNC1)c1cc2cc(Cl)ccc2o1.O=C(O)C(F)(F)F. The number of benzene rings is 4. The lowest BCUT2D eigenvalue weighted by molar-refractivity contribution is -0.192. The highest BCUT2D eigenvalue weighted by Gasteiger charge is 2.38. The highest BCUT2D eigenvalue weighted by atomic mass is 35.5. The lowest BCUT2D eigenvalue weighted by Gasteiger charge is -2.20. The van der Waals surface area contributed by atoms with Crippen molar-refractivity contribution in [2.45, 2.75) is 56.9 Å². The van der Waals surface area contributed by atoms with Gasteiger partial charge in [-0.1, -0.05) is 46.4 Å². The number of ketones is 2. The Balaban J connectivity index is 0.000000178. The van der Waals surface area contributed by atoms with E-state index >= 15 is 0 Å². The van der Waals surface area contributed by atoms with Crippen molar-refractivity contribution in [3.05, 3.63) is 128 Å². The smallest absolute Gasteiger partial charge is 0.490 e. The van der Waals surface area contributed by atoms with E-state index in [4.69, 9.17) is 79.3 Å². The van der Waals surface area contributed by atoms with Gasteiger partial charge in [-0.3, -0.25) is 9.59 Å². The number of carboxylic acid groups (broad SMARTS) is 1. The number of carbonyl (C=O) groups is 3. The van der Waals surface area contributed by atoms with Crippen LogP contribution in [0.25, 0.3) is 21.9 Å². The zero-order valence-electron chi connectivity index (χ0n) is 37.8. The molecule has 4 atom stereocenters. The topological polar surface area (TPSA) is 164 Å². The highest BCUT2D eigenvalue weighted by molar-refractivity contribution is 6.32. The number of nitrogens with zero attached hydrogens (tertiary/aromatic N) is 1. The van der Waals surface area contributed by atoms with Crippen LogP contribution in [0.2, 0.25) is 20.1 Å². The Kier molecular flexibility index (Phi) is 20.4. The predicted molar refractivity (Wildman–Crippen MR) is 258 cm³/mol. The Bertz CT molecular complexity index is 2750. The second-order valence-corrected chi connectivity index (χ2v) is 18.7. The maximum Gasteiger partial charge on any atom is 0.490 e. The van der Waals surface area contributed by atoms with E-state index in [0.29, 0.717) is 76.5 Å². The van der Waals surface area contributed by atoms with Crippen LogP contribution < -0.4 is 14.8 Å². The van der Waals surface area contributed by atoms with Crippen LogP contribution in [-0.4, -0.2) is 104 Å². The number of epoxide rings is 1. The van der Waals surface area contributed by atoms with Crippen molar-refractivity contribution in [1.82, 2.24) is 10.2 Å². The summed E-state index contributed by atoms with van der Waals surface area (Å²) in [6.45, 7) is 5.55. The number of furan rings is 2. The summed E-state index contributed by atoms with van der Waals surface area (Å²) in [5.41, 5.74) is 1.37. The minimum absolute atomic E-state index is 0.0144. The van der Waals surface area contributed by atoms with Crippen molar-refractivity contribution in [3.63, 3.8) is 0 Å². The molecule has 382 valence electrons. The van der Waals surface area contributed by atoms with E-state index in [2.05, 4.69) is 10.2 Å². The second kappa shape index (κ2) is 26.1. The number of rotatable bonds is 16. The molecule has 0 aliphatic carbocycles. The largest absolute Gasteiger partial charge is 0.491 e. The molecule has 3 saturated heterocycles. The van der Waals surface area contributed by atoms with Crippen LogP contribution in [0, 0.1) is 23.5 Å². The average Bonchev–Trinajstić information content (AvgIpc) is 3.72. The Morgan fingerprint density at radius 1 is 0.746 bits per heavy atom. The molecule has 3 fully saturated rings. The van der Waals surface area contributed by atoms with Crippen LogP contribution in [0.4, 0.5) is 22.0 Å². The fraction of sp³-hybridized carbons (Fsp3) is 0.380. The van der Waals surface area contributed by atoms with E-state index in [1.54, 1.807) is 54.6 Å². The number of aliphatic hydroxyl groups excluding tert-OH is 1. The van der Waals surface area contributed by atoms with Crippen molar-refractivity contribution in [2.75, 3.05) is 52.5 Å². The van der Waals surface area contributed by atoms with E-state index in [0.717, 1.165) is 68.4 Å². The molecule has 2 aromatic heterocycles. The normalized spacial score (nSPS) is 17.9. The molecule has 21 heteroatoms. The molecule has 4 aromatic carbocycles. The minimum Gasteiger partial charge on any atom is -0.491 e. The number of carboxylic acids is 1. The summed E-state index contributed by atoms with van der Waals surface area (Å²) in [6.07, 6.45) is -0.768. The first kappa shape index (κ1) is 55.3. The third kappa shape index (κ3) is 17.9. The Morgan fingerprint density at radius 2 is 1.32 bits per heavy atom. The molecule has 4 unspecified atom stereocenters. The number of halogens is 9. The number of alkyl halides is 3. The molecule has 3 aliphatic heterocycles. The highest BCUT2D eigenvalue weighted by Crippen LogP contribution is 2.29. The average molecular weight is 1070 g/mol. The fourth-order valence-corrected chi connectivity index (χ4v) is 8.17. The number of hydrogen-bond donors (Lipinski definition) is 3. The summed E-state index contributed by atoms with van der Waals surface area (Å²) in [7, 11) is 0. The molecular formula is C50H49Cl4F5N2O10. The van der Waals surface area contributed by atoms with Crippen molar-refractivity contribution >= 4 is 85.9 Å². The summed E-state index contributed by atoms with van der Waals surface area (Å²) >= 11 is 23.1. The van der Waals surface area contributed by atoms with E-state index in [1.807, 2.05) is 6.07 Å². The summed E-state index contributed by atoms with van der Waals surface area (Å²) in [4.78, 5) is 35.7. The fourth-order valence-electron chi connectivity index (χ4n) is 7.53. The van der Waals surface area contributed by atoms with Gasteiger partial charge in [0.1, 0.15) is 59.7 Å². The first-order valence-corrected chi connectivity index (χ1v) is 23.9. The first-order chi connectivity index (χ1) is 33.8. The van der Waals surface area contributed by atoms with Crippen LogP contribution in [0.15, 0.2) is 93.8 Å². The number of aliphatic hydroxyl groups is 1. The maximum absolute atomic E-state index is 13.5. The van der Waals surface area contributed by atoms with Gasteiger partial charge in [0.05, 0.1) is 16.7 Å². The van der Waals surface area contributed by atoms with Gasteiger partial charge in [0.2, 0.25) is 0 Å². The Morgan fingerprint density at radius 3 is 1.86 bits per heavy atom. The number of nitrogens with one attached hydrogen (secondary N) is 1. The maximum atomic E-state index is 13.5. The molecule has 3 aliphatic rings. The number of likely N-dealkylation sites (tertiary alicyclic amines) is 1. The van der Waals surface area contributed by atoms with Gasteiger partial charge in [0.15, 0.2) is 23.1 Å². The van der Waals surface area contributed by atoms with Gasteiger partial charge < -0.3 is 43.5 Å². The minimum atomic E-state index is -5.08. The molecule has 3 N–H and O–H groups in total. The van der Waals surface area contributed by atoms with Crippen molar-refractivity contribution < 1.29 is 69.6 Å². The Labute approximate surface area is 424 Å². The number of carbonyl (C=O) groups excluding carboxylic acids is 2. The molecule has 6 aromatic rings.